The van der Waals surface area contributed by atoms with Gasteiger partial charge in [0.05, 0.1) is 17.6 Å². The molecule has 0 N–H and O–H groups in total. The first-order valence-electron chi connectivity index (χ1n) is 8.02. The van der Waals surface area contributed by atoms with Gasteiger partial charge in [0, 0.05) is 17.7 Å². The fourth-order valence-corrected chi connectivity index (χ4v) is 6.35. The van der Waals surface area contributed by atoms with Gasteiger partial charge in [0.25, 0.3) is 0 Å². The molecule has 1 aromatic rings. The number of hydrogen-bond acceptors (Lipinski definition) is 5. The zero-order chi connectivity index (χ0) is 18.4. The molecule has 2 unspecified atom stereocenters. The van der Waals surface area contributed by atoms with E-state index in [1.807, 2.05) is 0 Å². The molecule has 25 heavy (non-hydrogen) atoms. The van der Waals surface area contributed by atoms with Crippen LogP contribution >= 0.6 is 0 Å². The van der Waals surface area contributed by atoms with E-state index in [4.69, 9.17) is 0 Å². The molecule has 3 rings (SSSR count). The highest BCUT2D eigenvalue weighted by atomic mass is 32.2. The molecular formula is C16H18F3NO4S. The van der Waals surface area contributed by atoms with Crippen LogP contribution in [-0.2, 0) is 16.0 Å². The molecule has 2 bridgehead atoms. The van der Waals surface area contributed by atoms with Crippen LogP contribution in [0.5, 0.6) is 5.88 Å². The summed E-state index contributed by atoms with van der Waals surface area (Å²) in [6.45, 7) is 0. The average molecular weight is 377 g/mol. The van der Waals surface area contributed by atoms with E-state index in [0.29, 0.717) is 12.8 Å². The highest BCUT2D eigenvalue weighted by Crippen LogP contribution is 2.41. The Morgan fingerprint density at radius 2 is 1.84 bits per heavy atom. The Bertz CT molecular complexity index is 771. The van der Waals surface area contributed by atoms with Crippen LogP contribution < -0.4 is 4.74 Å². The zero-order valence-corrected chi connectivity index (χ0v) is 14.4. The van der Waals surface area contributed by atoms with Crippen LogP contribution in [-0.4, -0.2) is 36.8 Å². The highest BCUT2D eigenvalue weighted by Gasteiger charge is 2.46. The SMILES string of the molecule is COc1ncc(C(=O)C2CC3CCCC(C2)S3(=O)=O)cc1C(F)(F)F. The quantitative estimate of drug-likeness (QED) is 0.757. The average Bonchev–Trinajstić information content (AvgIpc) is 2.51. The van der Waals surface area contributed by atoms with Crippen LogP contribution in [0, 0.1) is 5.92 Å². The number of methoxy groups -OCH3 is 1. The van der Waals surface area contributed by atoms with E-state index < -0.39 is 49.7 Å². The maximum atomic E-state index is 13.1. The number of fused-ring (bicyclic) bond motifs is 2. The molecule has 2 atom stereocenters. The first kappa shape index (κ1) is 18.2. The summed E-state index contributed by atoms with van der Waals surface area (Å²) in [5, 5.41) is -1.13. The number of Topliss-reactive ketones (excluding diaryl/α,β-unsaturated/α-hetero) is 1. The molecule has 5 nitrogen and oxygen atoms in total. The number of hydrogen-bond donors (Lipinski definition) is 0. The van der Waals surface area contributed by atoms with E-state index >= 15 is 0 Å². The standard InChI is InChI=1S/C16H18F3NO4S/c1-24-15-13(16(17,18)19)7-10(8-20-15)14(21)9-5-11-3-2-4-12(6-9)25(11,22)23/h7-9,11-12H,2-6H2,1H3. The van der Waals surface area contributed by atoms with Crippen molar-refractivity contribution in [2.45, 2.75) is 48.8 Å². The number of alkyl halides is 3. The Kier molecular flexibility index (Phi) is 4.55. The van der Waals surface area contributed by atoms with Crippen LogP contribution in [0.15, 0.2) is 12.3 Å². The lowest BCUT2D eigenvalue weighted by Crippen LogP contribution is -2.45. The summed E-state index contributed by atoms with van der Waals surface area (Å²) in [5.41, 5.74) is -1.26. The van der Waals surface area contributed by atoms with Gasteiger partial charge in [-0.15, -0.1) is 0 Å². The third kappa shape index (κ3) is 3.26. The third-order valence-electron chi connectivity index (χ3n) is 5.08. The van der Waals surface area contributed by atoms with Crippen LogP contribution in [0.2, 0.25) is 0 Å². The largest absolute Gasteiger partial charge is 0.481 e. The summed E-state index contributed by atoms with van der Waals surface area (Å²) in [5.74, 6) is -1.66. The number of nitrogens with zero attached hydrogens (tertiary/aromatic N) is 1. The van der Waals surface area contributed by atoms with Crippen molar-refractivity contribution in [3.05, 3.63) is 23.4 Å². The fourth-order valence-electron chi connectivity index (χ4n) is 3.81. The Morgan fingerprint density at radius 3 is 2.36 bits per heavy atom. The van der Waals surface area contributed by atoms with Crippen molar-refractivity contribution in [3.63, 3.8) is 0 Å². The van der Waals surface area contributed by atoms with Crippen LogP contribution in [0.3, 0.4) is 0 Å². The number of ether oxygens (including phenoxy) is 1. The van der Waals surface area contributed by atoms with Crippen molar-refractivity contribution in [1.82, 2.24) is 4.98 Å². The number of halogens is 3. The monoisotopic (exact) mass is 377 g/mol. The molecule has 1 aromatic heterocycles. The van der Waals surface area contributed by atoms with E-state index in [9.17, 15) is 26.4 Å². The molecule has 0 aromatic carbocycles. The van der Waals surface area contributed by atoms with E-state index in [1.54, 1.807) is 0 Å². The topological polar surface area (TPSA) is 73.3 Å². The normalized spacial score (nSPS) is 28.4. The number of ketones is 1. The van der Waals surface area contributed by atoms with Gasteiger partial charge in [-0.25, -0.2) is 13.4 Å². The van der Waals surface area contributed by atoms with Gasteiger partial charge >= 0.3 is 6.18 Å². The van der Waals surface area contributed by atoms with Gasteiger partial charge in [0.2, 0.25) is 5.88 Å². The number of carbonyl (C=O) groups is 1. The molecule has 0 amide bonds. The Labute approximate surface area is 143 Å². The molecule has 0 radical (unpaired) electrons. The van der Waals surface area contributed by atoms with Crippen molar-refractivity contribution in [3.8, 4) is 5.88 Å². The van der Waals surface area contributed by atoms with Gasteiger partial charge < -0.3 is 4.74 Å². The predicted octanol–water partition coefficient (Wildman–Crippen LogP) is 3.04. The van der Waals surface area contributed by atoms with Crippen molar-refractivity contribution < 1.29 is 31.1 Å². The number of sulfone groups is 1. The smallest absolute Gasteiger partial charge is 0.421 e. The lowest BCUT2D eigenvalue weighted by atomic mass is 9.84. The summed E-state index contributed by atoms with van der Waals surface area (Å²) in [6, 6.07) is 0.743. The minimum Gasteiger partial charge on any atom is -0.481 e. The third-order valence-corrected chi connectivity index (χ3v) is 7.80. The summed E-state index contributed by atoms with van der Waals surface area (Å²) in [6.07, 6.45) is -1.46. The lowest BCUT2D eigenvalue weighted by molar-refractivity contribution is -0.139. The summed E-state index contributed by atoms with van der Waals surface area (Å²) >= 11 is 0. The van der Waals surface area contributed by atoms with Crippen molar-refractivity contribution in [2.24, 2.45) is 5.92 Å². The molecule has 2 aliphatic heterocycles. The molecule has 3 heterocycles. The van der Waals surface area contributed by atoms with E-state index in [1.165, 1.54) is 0 Å². The van der Waals surface area contributed by atoms with Crippen molar-refractivity contribution in [1.29, 1.82) is 0 Å². The first-order valence-corrected chi connectivity index (χ1v) is 9.63. The van der Waals surface area contributed by atoms with Gasteiger partial charge in [0.1, 0.15) is 5.56 Å². The van der Waals surface area contributed by atoms with E-state index in [-0.39, 0.29) is 18.4 Å². The van der Waals surface area contributed by atoms with Crippen LogP contribution in [0.1, 0.15) is 48.0 Å². The van der Waals surface area contributed by atoms with Crippen molar-refractivity contribution >= 4 is 15.6 Å². The molecule has 2 saturated heterocycles. The fraction of sp³-hybridized carbons (Fsp3) is 0.625. The maximum absolute atomic E-state index is 13.1. The Balaban J connectivity index is 1.89. The second kappa shape index (κ2) is 6.26. The molecule has 2 fully saturated rings. The van der Waals surface area contributed by atoms with E-state index in [0.717, 1.165) is 25.8 Å². The zero-order valence-electron chi connectivity index (χ0n) is 13.5. The molecule has 0 aliphatic carbocycles. The highest BCUT2D eigenvalue weighted by molar-refractivity contribution is 7.92. The molecule has 9 heteroatoms. The van der Waals surface area contributed by atoms with E-state index in [2.05, 4.69) is 9.72 Å². The Morgan fingerprint density at radius 1 is 1.24 bits per heavy atom. The van der Waals surface area contributed by atoms with Gasteiger partial charge in [-0.05, 0) is 31.7 Å². The molecule has 0 spiro atoms. The van der Waals surface area contributed by atoms with Crippen LogP contribution in [0.4, 0.5) is 13.2 Å². The second-order valence-corrected chi connectivity index (χ2v) is 9.09. The number of rotatable bonds is 3. The number of pyridine rings is 1. The molecular weight excluding hydrogens is 359 g/mol. The van der Waals surface area contributed by atoms with Gasteiger partial charge in [0.15, 0.2) is 15.6 Å². The maximum Gasteiger partial charge on any atom is 0.421 e. The van der Waals surface area contributed by atoms with Gasteiger partial charge in [-0.1, -0.05) is 6.42 Å². The Hall–Kier alpha value is -1.64. The second-order valence-electron chi connectivity index (χ2n) is 6.58. The number of carbonyl (C=O) groups excluding carboxylic acids is 1. The summed E-state index contributed by atoms with van der Waals surface area (Å²) < 4.78 is 68.5. The lowest BCUT2D eigenvalue weighted by Gasteiger charge is -2.38. The van der Waals surface area contributed by atoms with Crippen LogP contribution in [0.25, 0.3) is 0 Å². The van der Waals surface area contributed by atoms with Crippen molar-refractivity contribution in [2.75, 3.05) is 7.11 Å². The molecule has 138 valence electrons. The molecule has 2 aliphatic rings. The minimum absolute atomic E-state index is 0.157. The number of aromatic nitrogens is 1. The first-order chi connectivity index (χ1) is 11.6. The van der Waals surface area contributed by atoms with Gasteiger partial charge in [-0.2, -0.15) is 13.2 Å². The van der Waals surface area contributed by atoms with Gasteiger partial charge in [-0.3, -0.25) is 4.79 Å². The predicted molar refractivity (Wildman–Crippen MR) is 83.2 cm³/mol. The molecule has 0 saturated carbocycles. The summed E-state index contributed by atoms with van der Waals surface area (Å²) in [4.78, 5) is 16.3. The summed E-state index contributed by atoms with van der Waals surface area (Å²) in [7, 11) is -2.15. The minimum atomic E-state index is -4.69.